The summed E-state index contributed by atoms with van der Waals surface area (Å²) in [5, 5.41) is 0. The minimum Gasteiger partial charge on any atom is -0.251 e. The number of halogens is 1. The van der Waals surface area contributed by atoms with E-state index in [4.69, 9.17) is 0 Å². The van der Waals surface area contributed by atoms with Crippen molar-refractivity contribution in [1.82, 2.24) is 0 Å². The molecule has 0 spiro atoms. The molecule has 3 aliphatic rings. The summed E-state index contributed by atoms with van der Waals surface area (Å²) in [7, 11) is 0. The van der Waals surface area contributed by atoms with Gasteiger partial charge in [-0.3, -0.25) is 4.39 Å². The summed E-state index contributed by atoms with van der Waals surface area (Å²) in [5.41, 5.74) is 0. The molecule has 0 saturated heterocycles. The minimum atomic E-state index is -0.107. The van der Waals surface area contributed by atoms with Gasteiger partial charge < -0.3 is 0 Å². The van der Waals surface area contributed by atoms with Crippen LogP contribution in [0.5, 0.6) is 0 Å². The topological polar surface area (TPSA) is 0 Å². The third kappa shape index (κ3) is 7.32. The molecule has 3 saturated carbocycles. The Labute approximate surface area is 175 Å². The number of unbranched alkanes of at least 4 members (excludes halogenated alkanes) is 1. The van der Waals surface area contributed by atoms with Crippen molar-refractivity contribution in [1.29, 1.82) is 0 Å². The van der Waals surface area contributed by atoms with Gasteiger partial charge in [0, 0.05) is 0 Å². The lowest BCUT2D eigenvalue weighted by atomic mass is 9.68. The smallest absolute Gasteiger partial charge is 0.0894 e. The molecule has 3 aliphatic carbocycles. The number of hydrogen-bond donors (Lipinski definition) is 0. The SMILES string of the molecule is CCCCC1CCC(CCC2CCC(C3CCC(CCCF)CC3)CC2)CC1. The van der Waals surface area contributed by atoms with E-state index in [-0.39, 0.29) is 6.67 Å². The van der Waals surface area contributed by atoms with Crippen LogP contribution in [-0.4, -0.2) is 6.67 Å². The van der Waals surface area contributed by atoms with Crippen LogP contribution in [0.2, 0.25) is 0 Å². The Hall–Kier alpha value is -0.0700. The molecule has 0 aromatic heterocycles. The van der Waals surface area contributed by atoms with Crippen LogP contribution in [0.3, 0.4) is 0 Å². The maximum atomic E-state index is 12.4. The van der Waals surface area contributed by atoms with Crippen LogP contribution in [0.15, 0.2) is 0 Å². The summed E-state index contributed by atoms with van der Waals surface area (Å²) in [4.78, 5) is 0. The second-order valence-corrected chi connectivity index (χ2v) is 11.0. The van der Waals surface area contributed by atoms with Crippen LogP contribution in [0.25, 0.3) is 0 Å². The molecular formula is C27H49F. The van der Waals surface area contributed by atoms with Crippen LogP contribution >= 0.6 is 0 Å². The predicted molar refractivity (Wildman–Crippen MR) is 120 cm³/mol. The first kappa shape index (κ1) is 22.6. The summed E-state index contributed by atoms with van der Waals surface area (Å²) in [6.45, 7) is 2.23. The van der Waals surface area contributed by atoms with E-state index >= 15 is 0 Å². The van der Waals surface area contributed by atoms with Gasteiger partial charge in [0.05, 0.1) is 6.67 Å². The monoisotopic (exact) mass is 392 g/mol. The molecule has 0 bridgehead atoms. The van der Waals surface area contributed by atoms with Crippen molar-refractivity contribution in [3.63, 3.8) is 0 Å². The van der Waals surface area contributed by atoms with Gasteiger partial charge in [-0.2, -0.15) is 0 Å². The highest BCUT2D eigenvalue weighted by molar-refractivity contribution is 4.83. The van der Waals surface area contributed by atoms with Gasteiger partial charge in [-0.15, -0.1) is 0 Å². The average Bonchev–Trinajstić information content (AvgIpc) is 2.76. The van der Waals surface area contributed by atoms with Gasteiger partial charge in [0.1, 0.15) is 0 Å². The Kier molecular flexibility index (Phi) is 10.2. The van der Waals surface area contributed by atoms with Crippen LogP contribution < -0.4 is 0 Å². The van der Waals surface area contributed by atoms with Gasteiger partial charge >= 0.3 is 0 Å². The third-order valence-electron chi connectivity index (χ3n) is 9.11. The van der Waals surface area contributed by atoms with Crippen molar-refractivity contribution in [2.75, 3.05) is 6.67 Å². The Morgan fingerprint density at radius 2 is 0.857 bits per heavy atom. The maximum absolute atomic E-state index is 12.4. The van der Waals surface area contributed by atoms with Gasteiger partial charge in [-0.25, -0.2) is 0 Å². The lowest BCUT2D eigenvalue weighted by Crippen LogP contribution is -2.26. The van der Waals surface area contributed by atoms with Crippen molar-refractivity contribution < 1.29 is 4.39 Å². The fraction of sp³-hybridized carbons (Fsp3) is 1.00. The zero-order valence-electron chi connectivity index (χ0n) is 19.0. The lowest BCUT2D eigenvalue weighted by Gasteiger charge is -2.38. The fourth-order valence-corrected chi connectivity index (χ4v) is 7.04. The largest absolute Gasteiger partial charge is 0.251 e. The molecule has 0 amide bonds. The summed E-state index contributed by atoms with van der Waals surface area (Å²) < 4.78 is 12.4. The number of hydrogen-bond acceptors (Lipinski definition) is 0. The van der Waals surface area contributed by atoms with Crippen LogP contribution in [-0.2, 0) is 0 Å². The van der Waals surface area contributed by atoms with Gasteiger partial charge in [-0.1, -0.05) is 90.4 Å². The molecule has 0 nitrogen and oxygen atoms in total. The highest BCUT2D eigenvalue weighted by atomic mass is 19.1. The van der Waals surface area contributed by atoms with E-state index in [1.807, 2.05) is 0 Å². The number of rotatable bonds is 10. The molecule has 28 heavy (non-hydrogen) atoms. The van der Waals surface area contributed by atoms with E-state index in [0.717, 1.165) is 48.3 Å². The first-order chi connectivity index (χ1) is 13.8. The van der Waals surface area contributed by atoms with E-state index < -0.39 is 0 Å². The molecule has 1 heteroatoms. The van der Waals surface area contributed by atoms with Crippen molar-refractivity contribution in [3.8, 4) is 0 Å². The lowest BCUT2D eigenvalue weighted by molar-refractivity contribution is 0.135. The average molecular weight is 393 g/mol. The normalized spacial score (nSPS) is 37.1. The molecule has 0 aromatic carbocycles. The van der Waals surface area contributed by atoms with Crippen LogP contribution in [0.1, 0.15) is 129 Å². The molecule has 0 unspecified atom stereocenters. The fourth-order valence-electron chi connectivity index (χ4n) is 7.04. The first-order valence-corrected chi connectivity index (χ1v) is 13.3. The van der Waals surface area contributed by atoms with Gasteiger partial charge in [-0.05, 0) is 74.0 Å². The van der Waals surface area contributed by atoms with Crippen LogP contribution in [0.4, 0.5) is 4.39 Å². The Morgan fingerprint density at radius 3 is 1.25 bits per heavy atom. The van der Waals surface area contributed by atoms with Gasteiger partial charge in [0.2, 0.25) is 0 Å². The summed E-state index contributed by atoms with van der Waals surface area (Å²) in [6, 6.07) is 0. The standard InChI is InChI=1S/C27H49F/c1-2-3-5-22-7-9-24(10-8-22)11-12-25-15-19-27(20-16-25)26-17-13-23(14-18-26)6-4-21-28/h22-27H,2-21H2,1H3. The Morgan fingerprint density at radius 1 is 0.500 bits per heavy atom. The molecule has 0 heterocycles. The van der Waals surface area contributed by atoms with E-state index in [0.29, 0.717) is 0 Å². The predicted octanol–water partition coefficient (Wildman–Crippen LogP) is 9.13. The highest BCUT2D eigenvalue weighted by Gasteiger charge is 2.31. The minimum absolute atomic E-state index is 0.107. The maximum Gasteiger partial charge on any atom is 0.0894 e. The second-order valence-electron chi connectivity index (χ2n) is 11.0. The summed E-state index contributed by atoms with van der Waals surface area (Å²) in [5.74, 6) is 6.08. The Bertz CT molecular complexity index is 381. The summed E-state index contributed by atoms with van der Waals surface area (Å²) in [6.07, 6.45) is 27.3. The van der Waals surface area contributed by atoms with Crippen molar-refractivity contribution in [2.24, 2.45) is 35.5 Å². The zero-order chi connectivity index (χ0) is 19.6. The van der Waals surface area contributed by atoms with E-state index in [2.05, 4.69) is 6.92 Å². The molecule has 164 valence electrons. The molecule has 0 atom stereocenters. The quantitative estimate of drug-likeness (QED) is 0.347. The number of alkyl halides is 1. The molecule has 0 radical (unpaired) electrons. The van der Waals surface area contributed by atoms with Crippen molar-refractivity contribution in [3.05, 3.63) is 0 Å². The van der Waals surface area contributed by atoms with E-state index in [9.17, 15) is 4.39 Å². The molecule has 0 N–H and O–H groups in total. The van der Waals surface area contributed by atoms with Crippen molar-refractivity contribution in [2.45, 2.75) is 129 Å². The van der Waals surface area contributed by atoms with E-state index in [1.54, 1.807) is 0 Å². The highest BCUT2D eigenvalue weighted by Crippen LogP contribution is 2.44. The molecular weight excluding hydrogens is 343 g/mol. The van der Waals surface area contributed by atoms with Crippen molar-refractivity contribution >= 4 is 0 Å². The summed E-state index contributed by atoms with van der Waals surface area (Å²) >= 11 is 0. The third-order valence-corrected chi connectivity index (χ3v) is 9.11. The van der Waals surface area contributed by atoms with Gasteiger partial charge in [0.15, 0.2) is 0 Å². The molecule has 3 rings (SSSR count). The van der Waals surface area contributed by atoms with E-state index in [1.165, 1.54) is 109 Å². The van der Waals surface area contributed by atoms with Crippen LogP contribution in [0, 0.1) is 35.5 Å². The molecule has 0 aliphatic heterocycles. The van der Waals surface area contributed by atoms with Gasteiger partial charge in [0.25, 0.3) is 0 Å². The first-order valence-electron chi connectivity index (χ1n) is 13.3. The zero-order valence-corrected chi connectivity index (χ0v) is 19.0. The second kappa shape index (κ2) is 12.6. The molecule has 3 fully saturated rings. The molecule has 0 aromatic rings. The Balaban J connectivity index is 1.25.